The molecule has 1 atom stereocenters. The van der Waals surface area contributed by atoms with Gasteiger partial charge in [0.15, 0.2) is 12.5 Å². The number of ether oxygens (including phenoxy) is 1. The normalized spacial score (nSPS) is 14.9. The summed E-state index contributed by atoms with van der Waals surface area (Å²) >= 11 is 5.65. The number of nitrogens with one attached hydrogen (secondary N) is 1. The molecule has 0 aliphatic heterocycles. The molecule has 1 unspecified atom stereocenters. The lowest BCUT2D eigenvalue weighted by molar-refractivity contribution is -0.947. The molecule has 0 spiro atoms. The van der Waals surface area contributed by atoms with Crippen LogP contribution in [-0.4, -0.2) is 32.5 Å². The molecule has 2 heterocycles. The van der Waals surface area contributed by atoms with E-state index in [1.54, 1.807) is 19.5 Å². The van der Waals surface area contributed by atoms with Crippen LogP contribution >= 0.6 is 12.2 Å². The first kappa shape index (κ1) is 17.9. The van der Waals surface area contributed by atoms with Gasteiger partial charge in [0.1, 0.15) is 12.3 Å². The number of nitrogens with zero attached hydrogens (tertiary/aromatic N) is 4. The smallest absolute Gasteiger partial charge is 0.202 e. The molecule has 1 aliphatic rings. The molecule has 0 bridgehead atoms. The molecule has 1 fully saturated rings. The van der Waals surface area contributed by atoms with Crippen LogP contribution in [0.15, 0.2) is 48.8 Å². The lowest BCUT2D eigenvalue weighted by atomic mass is 10.2. The molecule has 0 amide bonds. The summed E-state index contributed by atoms with van der Waals surface area (Å²) in [6.45, 7) is 1.73. The Bertz CT molecular complexity index is 960. The molecule has 3 aromatic rings. The van der Waals surface area contributed by atoms with Crippen molar-refractivity contribution in [3.8, 4) is 17.1 Å². The largest absolute Gasteiger partial charge is 0.497 e. The van der Waals surface area contributed by atoms with Gasteiger partial charge in [-0.05, 0) is 48.6 Å². The maximum Gasteiger partial charge on any atom is 0.202 e. The van der Waals surface area contributed by atoms with Crippen LogP contribution in [-0.2, 0) is 20.3 Å². The maximum atomic E-state index is 5.65. The second-order valence-corrected chi connectivity index (χ2v) is 7.38. The van der Waals surface area contributed by atoms with E-state index < -0.39 is 0 Å². The third-order valence-corrected chi connectivity index (χ3v) is 5.56. The molecule has 4 rings (SSSR count). The molecule has 7 heteroatoms. The van der Waals surface area contributed by atoms with Crippen LogP contribution in [0.25, 0.3) is 11.4 Å². The summed E-state index contributed by atoms with van der Waals surface area (Å²) < 4.78 is 9.94. The fraction of sp³-hybridized carbons (Fsp3) is 0.350. The molecule has 0 radical (unpaired) electrons. The third-order valence-electron chi connectivity index (χ3n) is 5.08. The van der Waals surface area contributed by atoms with Crippen LogP contribution in [0, 0.1) is 4.77 Å². The molecule has 1 aromatic carbocycles. The Balaban J connectivity index is 1.56. The van der Waals surface area contributed by atoms with E-state index >= 15 is 0 Å². The van der Waals surface area contributed by atoms with Gasteiger partial charge < -0.3 is 14.2 Å². The highest BCUT2D eigenvalue weighted by atomic mass is 32.1. The first-order valence-corrected chi connectivity index (χ1v) is 9.58. The van der Waals surface area contributed by atoms with Gasteiger partial charge >= 0.3 is 0 Å². The second kappa shape index (κ2) is 7.62. The van der Waals surface area contributed by atoms with Gasteiger partial charge in [0.05, 0.1) is 13.2 Å². The molecular weight excluding hydrogens is 358 g/mol. The van der Waals surface area contributed by atoms with Crippen molar-refractivity contribution in [2.75, 3.05) is 7.11 Å². The SMILES string of the molecule is COc1ccc(C[NH+](Cn2nc(-c3ccncc3)n(C)c2=S)C2CC2)cc1. The van der Waals surface area contributed by atoms with E-state index in [1.165, 1.54) is 23.3 Å². The maximum absolute atomic E-state index is 5.65. The van der Waals surface area contributed by atoms with Gasteiger partial charge in [-0.3, -0.25) is 4.98 Å². The average Bonchev–Trinajstić information content (AvgIpc) is 3.52. The van der Waals surface area contributed by atoms with Gasteiger partial charge in [-0.2, -0.15) is 4.68 Å². The Morgan fingerprint density at radius 3 is 2.48 bits per heavy atom. The van der Waals surface area contributed by atoms with E-state index in [0.29, 0.717) is 6.04 Å². The van der Waals surface area contributed by atoms with Crippen LogP contribution in [0.5, 0.6) is 5.75 Å². The monoisotopic (exact) mass is 382 g/mol. The topological polar surface area (TPSA) is 49.3 Å². The van der Waals surface area contributed by atoms with Crippen molar-refractivity contribution in [3.05, 3.63) is 59.1 Å². The van der Waals surface area contributed by atoms with Crippen molar-refractivity contribution in [1.29, 1.82) is 0 Å². The number of aromatic nitrogens is 4. The Morgan fingerprint density at radius 2 is 1.85 bits per heavy atom. The minimum absolute atomic E-state index is 0.681. The number of pyridine rings is 1. The summed E-state index contributed by atoms with van der Waals surface area (Å²) in [5.74, 6) is 1.77. The van der Waals surface area contributed by atoms with Gasteiger partial charge in [0.25, 0.3) is 0 Å². The molecule has 140 valence electrons. The van der Waals surface area contributed by atoms with Crippen LogP contribution in [0.4, 0.5) is 0 Å². The second-order valence-electron chi connectivity index (χ2n) is 7.02. The quantitative estimate of drug-likeness (QED) is 0.637. The van der Waals surface area contributed by atoms with E-state index in [2.05, 4.69) is 17.1 Å². The number of benzene rings is 1. The van der Waals surface area contributed by atoms with Crippen molar-refractivity contribution in [2.45, 2.75) is 32.1 Å². The molecule has 1 saturated carbocycles. The van der Waals surface area contributed by atoms with Crippen molar-refractivity contribution in [3.63, 3.8) is 0 Å². The Labute approximate surface area is 164 Å². The van der Waals surface area contributed by atoms with Gasteiger partial charge in [0, 0.05) is 43.4 Å². The first-order valence-electron chi connectivity index (χ1n) is 9.17. The molecule has 2 aromatic heterocycles. The molecule has 1 aliphatic carbocycles. The molecule has 0 saturated heterocycles. The van der Waals surface area contributed by atoms with E-state index in [1.807, 2.05) is 40.6 Å². The van der Waals surface area contributed by atoms with E-state index in [4.69, 9.17) is 22.1 Å². The third kappa shape index (κ3) is 3.94. The van der Waals surface area contributed by atoms with Gasteiger partial charge in [-0.25, -0.2) is 0 Å². The Hall–Kier alpha value is -2.51. The minimum Gasteiger partial charge on any atom is -0.497 e. The minimum atomic E-state index is 0.681. The number of hydrogen-bond acceptors (Lipinski definition) is 4. The number of rotatable bonds is 7. The highest BCUT2D eigenvalue weighted by Crippen LogP contribution is 2.18. The zero-order valence-electron chi connectivity index (χ0n) is 15.6. The van der Waals surface area contributed by atoms with Crippen LogP contribution in [0.3, 0.4) is 0 Å². The molecule has 6 nitrogen and oxygen atoms in total. The fourth-order valence-electron chi connectivity index (χ4n) is 3.36. The van der Waals surface area contributed by atoms with Crippen LogP contribution in [0.1, 0.15) is 18.4 Å². The fourth-order valence-corrected chi connectivity index (χ4v) is 3.55. The van der Waals surface area contributed by atoms with Gasteiger partial charge in [-0.15, -0.1) is 5.10 Å². The van der Waals surface area contributed by atoms with E-state index in [0.717, 1.165) is 35.1 Å². The average molecular weight is 383 g/mol. The Kier molecular flexibility index (Phi) is 5.05. The Morgan fingerprint density at radius 1 is 1.15 bits per heavy atom. The van der Waals surface area contributed by atoms with Crippen molar-refractivity contribution in [2.24, 2.45) is 7.05 Å². The lowest BCUT2D eigenvalue weighted by Crippen LogP contribution is -3.11. The summed E-state index contributed by atoms with van der Waals surface area (Å²) in [5, 5.41) is 4.81. The summed E-state index contributed by atoms with van der Waals surface area (Å²) in [4.78, 5) is 5.58. The van der Waals surface area contributed by atoms with Crippen molar-refractivity contribution in [1.82, 2.24) is 19.3 Å². The number of quaternary nitrogens is 1. The lowest BCUT2D eigenvalue weighted by Gasteiger charge is -2.19. The summed E-state index contributed by atoms with van der Waals surface area (Å²) in [6, 6.07) is 12.9. The highest BCUT2D eigenvalue weighted by molar-refractivity contribution is 7.71. The zero-order chi connectivity index (χ0) is 18.8. The number of hydrogen-bond donors (Lipinski definition) is 1. The summed E-state index contributed by atoms with van der Waals surface area (Å²) in [7, 11) is 3.67. The van der Waals surface area contributed by atoms with Crippen molar-refractivity contribution < 1.29 is 9.64 Å². The predicted octanol–water partition coefficient (Wildman–Crippen LogP) is 2.23. The standard InChI is InChI=1S/C20H23N5OS/c1-23-19(16-9-11-21-12-10-16)22-25(20(23)27)14-24(17-5-6-17)13-15-3-7-18(26-2)8-4-15/h3-4,7-12,17H,5-6,13-14H2,1-2H3/p+1. The number of methoxy groups -OCH3 is 1. The predicted molar refractivity (Wildman–Crippen MR) is 106 cm³/mol. The van der Waals surface area contributed by atoms with Crippen molar-refractivity contribution >= 4 is 12.2 Å². The molecular formula is C20H24N5OS+. The highest BCUT2D eigenvalue weighted by Gasteiger charge is 2.34. The van der Waals surface area contributed by atoms with Crippen LogP contribution < -0.4 is 9.64 Å². The van der Waals surface area contributed by atoms with Gasteiger partial charge in [-0.1, -0.05) is 0 Å². The summed E-state index contributed by atoms with van der Waals surface area (Å²) in [6.07, 6.45) is 6.09. The van der Waals surface area contributed by atoms with Gasteiger partial charge in [0.2, 0.25) is 4.77 Å². The van der Waals surface area contributed by atoms with Crippen LogP contribution in [0.2, 0.25) is 0 Å². The van der Waals surface area contributed by atoms with E-state index in [-0.39, 0.29) is 0 Å². The first-order chi connectivity index (χ1) is 13.2. The summed E-state index contributed by atoms with van der Waals surface area (Å²) in [5.41, 5.74) is 2.33. The molecule has 27 heavy (non-hydrogen) atoms. The molecule has 1 N–H and O–H groups in total. The van der Waals surface area contributed by atoms with E-state index in [9.17, 15) is 0 Å². The zero-order valence-corrected chi connectivity index (χ0v) is 16.4.